The summed E-state index contributed by atoms with van der Waals surface area (Å²) < 4.78 is 0. The standard InChI is InChI=1S/C13H17ClO/c1-8(2)11-6-10(15)7-12(14)13(11)9-4-3-5-9/h6-9,15H,3-5H2,1-2H3. The van der Waals surface area contributed by atoms with Crippen molar-refractivity contribution in [3.63, 3.8) is 0 Å². The van der Waals surface area contributed by atoms with E-state index in [1.54, 1.807) is 6.07 Å². The minimum Gasteiger partial charge on any atom is -0.508 e. The summed E-state index contributed by atoms with van der Waals surface area (Å²) in [6, 6.07) is 3.53. The number of benzene rings is 1. The van der Waals surface area contributed by atoms with Crippen molar-refractivity contribution in [3.8, 4) is 5.75 Å². The van der Waals surface area contributed by atoms with Crippen LogP contribution in [0.4, 0.5) is 0 Å². The maximum atomic E-state index is 9.56. The first-order valence-corrected chi connectivity index (χ1v) is 5.99. The third-order valence-electron chi connectivity index (χ3n) is 3.28. The van der Waals surface area contributed by atoms with Crippen LogP contribution >= 0.6 is 11.6 Å². The van der Waals surface area contributed by atoms with E-state index in [0.717, 1.165) is 5.02 Å². The number of hydrogen-bond acceptors (Lipinski definition) is 1. The largest absolute Gasteiger partial charge is 0.508 e. The highest BCUT2D eigenvalue weighted by molar-refractivity contribution is 6.31. The Bertz CT molecular complexity index is 367. The molecule has 0 spiro atoms. The van der Waals surface area contributed by atoms with Crippen LogP contribution in [0.5, 0.6) is 5.75 Å². The van der Waals surface area contributed by atoms with Crippen molar-refractivity contribution in [3.05, 3.63) is 28.3 Å². The van der Waals surface area contributed by atoms with Gasteiger partial charge in [-0.25, -0.2) is 0 Å². The minimum atomic E-state index is 0.284. The minimum absolute atomic E-state index is 0.284. The fourth-order valence-corrected chi connectivity index (χ4v) is 2.60. The first-order chi connectivity index (χ1) is 7.09. The average Bonchev–Trinajstić information content (AvgIpc) is 2.05. The monoisotopic (exact) mass is 224 g/mol. The molecule has 2 rings (SSSR count). The van der Waals surface area contributed by atoms with E-state index in [1.807, 2.05) is 6.07 Å². The highest BCUT2D eigenvalue weighted by Crippen LogP contribution is 2.44. The van der Waals surface area contributed by atoms with Crippen LogP contribution in [0.15, 0.2) is 12.1 Å². The van der Waals surface area contributed by atoms with Gasteiger partial charge in [0.15, 0.2) is 0 Å². The maximum absolute atomic E-state index is 9.56. The zero-order valence-corrected chi connectivity index (χ0v) is 10.0. The van der Waals surface area contributed by atoms with E-state index in [2.05, 4.69) is 13.8 Å². The molecular weight excluding hydrogens is 208 g/mol. The molecule has 0 aliphatic heterocycles. The Labute approximate surface area is 96.1 Å². The molecule has 0 heterocycles. The molecule has 82 valence electrons. The highest BCUT2D eigenvalue weighted by Gasteiger charge is 2.25. The van der Waals surface area contributed by atoms with Gasteiger partial charge in [-0.15, -0.1) is 0 Å². The molecule has 1 fully saturated rings. The predicted octanol–water partition coefficient (Wildman–Crippen LogP) is 4.44. The van der Waals surface area contributed by atoms with Gasteiger partial charge in [0.25, 0.3) is 0 Å². The van der Waals surface area contributed by atoms with Crippen LogP contribution in [0, 0.1) is 0 Å². The van der Waals surface area contributed by atoms with E-state index in [4.69, 9.17) is 11.6 Å². The molecule has 0 bridgehead atoms. The van der Waals surface area contributed by atoms with Gasteiger partial charge in [-0.05, 0) is 47.9 Å². The van der Waals surface area contributed by atoms with E-state index in [-0.39, 0.29) is 5.75 Å². The number of aromatic hydroxyl groups is 1. The van der Waals surface area contributed by atoms with Crippen molar-refractivity contribution in [2.45, 2.75) is 44.9 Å². The molecule has 1 aromatic carbocycles. The fourth-order valence-electron chi connectivity index (χ4n) is 2.23. The van der Waals surface area contributed by atoms with Crippen LogP contribution in [0.25, 0.3) is 0 Å². The van der Waals surface area contributed by atoms with Crippen molar-refractivity contribution < 1.29 is 5.11 Å². The van der Waals surface area contributed by atoms with Gasteiger partial charge in [-0.3, -0.25) is 0 Å². The Morgan fingerprint density at radius 2 is 2.00 bits per heavy atom. The Hall–Kier alpha value is -0.690. The Balaban J connectivity index is 2.48. The second-order valence-corrected chi connectivity index (χ2v) is 5.12. The first kappa shape index (κ1) is 10.8. The second kappa shape index (κ2) is 4.05. The Kier molecular flexibility index (Phi) is 2.92. The molecule has 2 heteroatoms. The van der Waals surface area contributed by atoms with Crippen molar-refractivity contribution in [1.82, 2.24) is 0 Å². The highest BCUT2D eigenvalue weighted by atomic mass is 35.5. The summed E-state index contributed by atoms with van der Waals surface area (Å²) in [7, 11) is 0. The van der Waals surface area contributed by atoms with Gasteiger partial charge in [-0.1, -0.05) is 31.9 Å². The van der Waals surface area contributed by atoms with Gasteiger partial charge in [0, 0.05) is 5.02 Å². The van der Waals surface area contributed by atoms with Crippen LogP contribution in [0.1, 0.15) is 56.1 Å². The van der Waals surface area contributed by atoms with Gasteiger partial charge < -0.3 is 5.11 Å². The van der Waals surface area contributed by atoms with E-state index < -0.39 is 0 Å². The molecule has 0 aromatic heterocycles. The number of phenolic OH excluding ortho intramolecular Hbond substituents is 1. The molecule has 1 aromatic rings. The zero-order chi connectivity index (χ0) is 11.0. The van der Waals surface area contributed by atoms with E-state index in [0.29, 0.717) is 11.8 Å². The van der Waals surface area contributed by atoms with Crippen molar-refractivity contribution in [1.29, 1.82) is 0 Å². The molecule has 15 heavy (non-hydrogen) atoms. The predicted molar refractivity (Wildman–Crippen MR) is 63.8 cm³/mol. The third kappa shape index (κ3) is 1.98. The fraction of sp³-hybridized carbons (Fsp3) is 0.538. The summed E-state index contributed by atoms with van der Waals surface area (Å²) in [5.74, 6) is 1.33. The second-order valence-electron chi connectivity index (χ2n) is 4.71. The van der Waals surface area contributed by atoms with Crippen molar-refractivity contribution in [2.75, 3.05) is 0 Å². The number of halogens is 1. The van der Waals surface area contributed by atoms with E-state index in [9.17, 15) is 5.11 Å². The molecule has 1 nitrogen and oxygen atoms in total. The summed E-state index contributed by atoms with van der Waals surface area (Å²) in [4.78, 5) is 0. The smallest absolute Gasteiger partial charge is 0.117 e. The quantitative estimate of drug-likeness (QED) is 0.788. The molecular formula is C13H17ClO. The third-order valence-corrected chi connectivity index (χ3v) is 3.59. The number of hydrogen-bond donors (Lipinski definition) is 1. The summed E-state index contributed by atoms with van der Waals surface area (Å²) in [5, 5.41) is 10.3. The Morgan fingerprint density at radius 3 is 2.47 bits per heavy atom. The van der Waals surface area contributed by atoms with E-state index in [1.165, 1.54) is 30.4 Å². The van der Waals surface area contributed by atoms with Crippen molar-refractivity contribution >= 4 is 11.6 Å². The molecule has 0 atom stereocenters. The molecule has 1 aliphatic rings. The molecule has 0 amide bonds. The summed E-state index contributed by atoms with van der Waals surface area (Å²) in [6.45, 7) is 4.29. The lowest BCUT2D eigenvalue weighted by atomic mass is 9.76. The van der Waals surface area contributed by atoms with Crippen LogP contribution in [-0.4, -0.2) is 5.11 Å². The van der Waals surface area contributed by atoms with Crippen LogP contribution in [-0.2, 0) is 0 Å². The van der Waals surface area contributed by atoms with Crippen LogP contribution < -0.4 is 0 Å². The Morgan fingerprint density at radius 1 is 1.33 bits per heavy atom. The zero-order valence-electron chi connectivity index (χ0n) is 9.26. The van der Waals surface area contributed by atoms with E-state index >= 15 is 0 Å². The summed E-state index contributed by atoms with van der Waals surface area (Å²) >= 11 is 6.23. The molecule has 1 N–H and O–H groups in total. The number of phenols is 1. The molecule has 0 unspecified atom stereocenters. The van der Waals surface area contributed by atoms with Gasteiger partial charge in [0.1, 0.15) is 5.75 Å². The molecule has 0 saturated heterocycles. The van der Waals surface area contributed by atoms with Crippen molar-refractivity contribution in [2.24, 2.45) is 0 Å². The van der Waals surface area contributed by atoms with Gasteiger partial charge >= 0.3 is 0 Å². The molecule has 0 radical (unpaired) electrons. The van der Waals surface area contributed by atoms with Crippen LogP contribution in [0.3, 0.4) is 0 Å². The summed E-state index contributed by atoms with van der Waals surface area (Å²) in [5.41, 5.74) is 2.49. The topological polar surface area (TPSA) is 20.2 Å². The van der Waals surface area contributed by atoms with Crippen LogP contribution in [0.2, 0.25) is 5.02 Å². The molecule has 1 saturated carbocycles. The van der Waals surface area contributed by atoms with Gasteiger partial charge in [-0.2, -0.15) is 0 Å². The lowest BCUT2D eigenvalue weighted by Gasteiger charge is -2.30. The average molecular weight is 225 g/mol. The first-order valence-electron chi connectivity index (χ1n) is 5.62. The molecule has 1 aliphatic carbocycles. The van der Waals surface area contributed by atoms with Gasteiger partial charge in [0.05, 0.1) is 0 Å². The maximum Gasteiger partial charge on any atom is 0.117 e. The normalized spacial score (nSPS) is 16.8. The lowest BCUT2D eigenvalue weighted by Crippen LogP contribution is -2.12. The van der Waals surface area contributed by atoms with Gasteiger partial charge in [0.2, 0.25) is 0 Å². The summed E-state index contributed by atoms with van der Waals surface area (Å²) in [6.07, 6.45) is 3.79. The number of rotatable bonds is 2. The lowest BCUT2D eigenvalue weighted by molar-refractivity contribution is 0.414. The SMILES string of the molecule is CC(C)c1cc(O)cc(Cl)c1C1CCC1.